The molecular formula is C12H11N3O4S. The molecule has 0 N–H and O–H groups in total. The van der Waals surface area contributed by atoms with Crippen LogP contribution in [0.1, 0.15) is 27.1 Å². The molecule has 2 aromatic heterocycles. The molecule has 0 radical (unpaired) electrons. The van der Waals surface area contributed by atoms with E-state index in [1.807, 2.05) is 0 Å². The summed E-state index contributed by atoms with van der Waals surface area (Å²) in [6.45, 7) is 1.36. The number of carbonyl (C=O) groups excluding carboxylic acids is 2. The summed E-state index contributed by atoms with van der Waals surface area (Å²) < 4.78 is 9.52. The molecule has 2 heterocycles. The van der Waals surface area contributed by atoms with E-state index in [-0.39, 0.29) is 16.4 Å². The Bertz CT molecular complexity index is 651. The highest BCUT2D eigenvalue weighted by Gasteiger charge is 2.22. The molecule has 2 aromatic rings. The molecule has 0 saturated heterocycles. The number of esters is 1. The molecule has 20 heavy (non-hydrogen) atoms. The Morgan fingerprint density at radius 2 is 1.95 bits per heavy atom. The van der Waals surface area contributed by atoms with E-state index in [1.54, 1.807) is 12.1 Å². The Labute approximate surface area is 118 Å². The van der Waals surface area contributed by atoms with Crippen LogP contribution in [0.15, 0.2) is 12.1 Å². The molecule has 8 heteroatoms. The van der Waals surface area contributed by atoms with Crippen LogP contribution in [-0.2, 0) is 4.74 Å². The normalized spacial score (nSPS) is 10.2. The average molecular weight is 293 g/mol. The SMILES string of the molecule is COC(=O)c1nc(-c2ccc(OC)nn2)sc1C(C)=O. The van der Waals surface area contributed by atoms with E-state index in [1.165, 1.54) is 21.1 Å². The van der Waals surface area contributed by atoms with E-state index >= 15 is 0 Å². The zero-order valence-corrected chi connectivity index (χ0v) is 11.9. The van der Waals surface area contributed by atoms with Crippen LogP contribution < -0.4 is 4.74 Å². The Kier molecular flexibility index (Phi) is 4.04. The molecule has 0 spiro atoms. The molecule has 104 valence electrons. The summed E-state index contributed by atoms with van der Waals surface area (Å²) in [4.78, 5) is 27.5. The molecule has 0 aliphatic heterocycles. The summed E-state index contributed by atoms with van der Waals surface area (Å²) in [7, 11) is 2.72. The molecule has 0 saturated carbocycles. The third kappa shape index (κ3) is 2.64. The highest BCUT2D eigenvalue weighted by molar-refractivity contribution is 7.17. The highest BCUT2D eigenvalue weighted by Crippen LogP contribution is 2.27. The molecule has 0 aliphatic rings. The van der Waals surface area contributed by atoms with Crippen LogP contribution in [0.4, 0.5) is 0 Å². The second-order valence-electron chi connectivity index (χ2n) is 3.71. The van der Waals surface area contributed by atoms with Gasteiger partial charge in [0, 0.05) is 13.0 Å². The largest absolute Gasteiger partial charge is 0.480 e. The van der Waals surface area contributed by atoms with Gasteiger partial charge >= 0.3 is 5.97 Å². The Morgan fingerprint density at radius 1 is 1.20 bits per heavy atom. The van der Waals surface area contributed by atoms with Gasteiger partial charge in [-0.3, -0.25) is 4.79 Å². The standard InChI is InChI=1S/C12H11N3O4S/c1-6(16)10-9(12(17)19-3)13-11(20-10)7-4-5-8(18-2)15-14-7/h4-5H,1-3H3. The van der Waals surface area contributed by atoms with Crippen LogP contribution in [0.5, 0.6) is 5.88 Å². The molecule has 0 amide bonds. The van der Waals surface area contributed by atoms with Gasteiger partial charge in [0.05, 0.1) is 14.2 Å². The summed E-state index contributed by atoms with van der Waals surface area (Å²) in [5.41, 5.74) is 0.450. The van der Waals surface area contributed by atoms with Crippen LogP contribution in [0.25, 0.3) is 10.7 Å². The maximum absolute atomic E-state index is 11.6. The van der Waals surface area contributed by atoms with E-state index in [4.69, 9.17) is 4.74 Å². The van der Waals surface area contributed by atoms with E-state index in [0.717, 1.165) is 11.3 Å². The number of hydrogen-bond acceptors (Lipinski definition) is 8. The second kappa shape index (κ2) is 5.74. The predicted octanol–water partition coefficient (Wildman–Crippen LogP) is 1.60. The third-order valence-electron chi connectivity index (χ3n) is 2.39. The van der Waals surface area contributed by atoms with Gasteiger partial charge in [0.15, 0.2) is 11.5 Å². The van der Waals surface area contributed by atoms with Crippen LogP contribution in [0.3, 0.4) is 0 Å². The lowest BCUT2D eigenvalue weighted by Gasteiger charge is -1.97. The number of aromatic nitrogens is 3. The fourth-order valence-corrected chi connectivity index (χ4v) is 2.36. The summed E-state index contributed by atoms with van der Waals surface area (Å²) in [5, 5.41) is 8.17. The maximum atomic E-state index is 11.6. The van der Waals surface area contributed by atoms with Crippen LogP contribution >= 0.6 is 11.3 Å². The number of rotatable bonds is 4. The van der Waals surface area contributed by atoms with Gasteiger partial charge in [-0.1, -0.05) is 0 Å². The smallest absolute Gasteiger partial charge is 0.358 e. The van der Waals surface area contributed by atoms with Gasteiger partial charge in [-0.05, 0) is 6.07 Å². The summed E-state index contributed by atoms with van der Waals surface area (Å²) in [6, 6.07) is 3.27. The fraction of sp³-hybridized carbons (Fsp3) is 0.250. The molecule has 2 rings (SSSR count). The minimum atomic E-state index is -0.654. The highest BCUT2D eigenvalue weighted by atomic mass is 32.1. The van der Waals surface area contributed by atoms with Crippen molar-refractivity contribution in [3.63, 3.8) is 0 Å². The Morgan fingerprint density at radius 3 is 2.45 bits per heavy atom. The van der Waals surface area contributed by atoms with E-state index < -0.39 is 5.97 Å². The fourth-order valence-electron chi connectivity index (χ4n) is 1.45. The van der Waals surface area contributed by atoms with Gasteiger partial charge in [0.1, 0.15) is 15.6 Å². The summed E-state index contributed by atoms with van der Waals surface area (Å²) in [6.07, 6.45) is 0. The second-order valence-corrected chi connectivity index (χ2v) is 4.70. The van der Waals surface area contributed by atoms with Crippen molar-refractivity contribution in [2.24, 2.45) is 0 Å². The molecule has 7 nitrogen and oxygen atoms in total. The summed E-state index contributed by atoms with van der Waals surface area (Å²) >= 11 is 1.07. The average Bonchev–Trinajstić information content (AvgIpc) is 2.92. The first-order chi connectivity index (χ1) is 9.56. The van der Waals surface area contributed by atoms with E-state index in [9.17, 15) is 9.59 Å². The topological polar surface area (TPSA) is 91.3 Å². The number of methoxy groups -OCH3 is 2. The minimum absolute atomic E-state index is 0.00221. The minimum Gasteiger partial charge on any atom is -0.480 e. The van der Waals surface area contributed by atoms with Gasteiger partial charge in [-0.2, -0.15) is 0 Å². The number of thiazole rings is 1. The van der Waals surface area contributed by atoms with Gasteiger partial charge < -0.3 is 9.47 Å². The number of ketones is 1. The molecule has 0 fully saturated rings. The maximum Gasteiger partial charge on any atom is 0.358 e. The van der Waals surface area contributed by atoms with E-state index in [0.29, 0.717) is 16.6 Å². The van der Waals surface area contributed by atoms with Gasteiger partial charge in [-0.15, -0.1) is 21.5 Å². The van der Waals surface area contributed by atoms with Gasteiger partial charge in [0.25, 0.3) is 0 Å². The van der Waals surface area contributed by atoms with Crippen molar-refractivity contribution in [3.05, 3.63) is 22.7 Å². The summed E-state index contributed by atoms with van der Waals surface area (Å²) in [5.74, 6) is -0.542. The number of carbonyl (C=O) groups is 2. The third-order valence-corrected chi connectivity index (χ3v) is 3.57. The van der Waals surface area contributed by atoms with Crippen molar-refractivity contribution in [3.8, 4) is 16.6 Å². The van der Waals surface area contributed by atoms with Crippen molar-refractivity contribution in [1.82, 2.24) is 15.2 Å². The van der Waals surface area contributed by atoms with Crippen LogP contribution in [0.2, 0.25) is 0 Å². The van der Waals surface area contributed by atoms with E-state index in [2.05, 4.69) is 19.9 Å². The monoisotopic (exact) mass is 293 g/mol. The van der Waals surface area contributed by atoms with Crippen molar-refractivity contribution in [2.75, 3.05) is 14.2 Å². The first-order valence-electron chi connectivity index (χ1n) is 5.55. The van der Waals surface area contributed by atoms with Gasteiger partial charge in [-0.25, -0.2) is 9.78 Å². The van der Waals surface area contributed by atoms with Crippen molar-refractivity contribution < 1.29 is 19.1 Å². The Hall–Kier alpha value is -2.35. The lowest BCUT2D eigenvalue weighted by Crippen LogP contribution is -2.06. The molecule has 0 aliphatic carbocycles. The molecule has 0 unspecified atom stereocenters. The Balaban J connectivity index is 2.46. The molecule has 0 bridgehead atoms. The van der Waals surface area contributed by atoms with Gasteiger partial charge in [0.2, 0.25) is 5.88 Å². The number of nitrogens with zero attached hydrogens (tertiary/aromatic N) is 3. The number of hydrogen-bond donors (Lipinski definition) is 0. The lowest BCUT2D eigenvalue weighted by atomic mass is 10.3. The van der Waals surface area contributed by atoms with Crippen molar-refractivity contribution in [1.29, 1.82) is 0 Å². The first-order valence-corrected chi connectivity index (χ1v) is 6.36. The van der Waals surface area contributed by atoms with Crippen LogP contribution in [-0.4, -0.2) is 41.2 Å². The molecule has 0 atom stereocenters. The number of Topliss-reactive ketones (excluding diaryl/α,β-unsaturated/α-hetero) is 1. The molecule has 0 aromatic carbocycles. The predicted molar refractivity (Wildman–Crippen MR) is 71.0 cm³/mol. The zero-order chi connectivity index (χ0) is 14.7. The molecular weight excluding hydrogens is 282 g/mol. The van der Waals surface area contributed by atoms with Crippen molar-refractivity contribution in [2.45, 2.75) is 6.92 Å². The quantitative estimate of drug-likeness (QED) is 0.624. The lowest BCUT2D eigenvalue weighted by molar-refractivity contribution is 0.0591. The zero-order valence-electron chi connectivity index (χ0n) is 11.0. The van der Waals surface area contributed by atoms with Crippen LogP contribution in [0, 0.1) is 0 Å². The van der Waals surface area contributed by atoms with Crippen molar-refractivity contribution >= 4 is 23.1 Å². The number of ether oxygens (including phenoxy) is 2. The first kappa shape index (κ1) is 14.1.